The molecule has 0 aromatic heterocycles. The van der Waals surface area contributed by atoms with Gasteiger partial charge in [0.2, 0.25) is 0 Å². The van der Waals surface area contributed by atoms with E-state index in [1.165, 1.54) is 12.8 Å². The number of methoxy groups -OCH3 is 1. The summed E-state index contributed by atoms with van der Waals surface area (Å²) in [5, 5.41) is 0. The molecule has 1 saturated carbocycles. The Hall–Kier alpha value is -1.22. The number of nitrogens with two attached hydrogens (primary N) is 1. The van der Waals surface area contributed by atoms with Crippen molar-refractivity contribution in [2.24, 2.45) is 11.7 Å². The van der Waals surface area contributed by atoms with Gasteiger partial charge < -0.3 is 15.2 Å². The quantitative estimate of drug-likeness (QED) is 0.901. The maximum absolute atomic E-state index is 6.12. The molecule has 19 heavy (non-hydrogen) atoms. The van der Waals surface area contributed by atoms with E-state index in [1.54, 1.807) is 7.11 Å². The molecule has 0 amide bonds. The molecule has 2 unspecified atom stereocenters. The van der Waals surface area contributed by atoms with Crippen molar-refractivity contribution in [2.75, 3.05) is 7.11 Å². The molecule has 0 bridgehead atoms. The Bertz CT molecular complexity index is 417. The first kappa shape index (κ1) is 14.2. The molecule has 0 spiro atoms. The average Bonchev–Trinajstić information content (AvgIpc) is 2.39. The van der Waals surface area contributed by atoms with Gasteiger partial charge in [-0.2, -0.15) is 0 Å². The molecule has 1 fully saturated rings. The molecule has 0 saturated heterocycles. The highest BCUT2D eigenvalue weighted by Crippen LogP contribution is 2.34. The molecule has 1 aliphatic carbocycles. The number of hydrogen-bond acceptors (Lipinski definition) is 3. The Morgan fingerprint density at radius 2 is 2.05 bits per heavy atom. The van der Waals surface area contributed by atoms with Crippen molar-refractivity contribution < 1.29 is 9.47 Å². The SMILES string of the molecule is COc1cc([C@@H](C)N)ccc1OC1CCCC(C)C1. The summed E-state index contributed by atoms with van der Waals surface area (Å²) in [7, 11) is 1.68. The topological polar surface area (TPSA) is 44.5 Å². The second kappa shape index (κ2) is 6.29. The molecule has 2 rings (SSSR count). The van der Waals surface area contributed by atoms with Gasteiger partial charge >= 0.3 is 0 Å². The summed E-state index contributed by atoms with van der Waals surface area (Å²) in [6, 6.07) is 6.00. The molecular formula is C16H25NO2. The maximum Gasteiger partial charge on any atom is 0.161 e. The molecule has 106 valence electrons. The van der Waals surface area contributed by atoms with Crippen LogP contribution in [0.4, 0.5) is 0 Å². The van der Waals surface area contributed by atoms with E-state index in [2.05, 4.69) is 6.92 Å². The van der Waals surface area contributed by atoms with E-state index in [9.17, 15) is 0 Å². The summed E-state index contributed by atoms with van der Waals surface area (Å²) in [4.78, 5) is 0. The van der Waals surface area contributed by atoms with Crippen molar-refractivity contribution in [3.63, 3.8) is 0 Å². The summed E-state index contributed by atoms with van der Waals surface area (Å²) in [5.41, 5.74) is 6.96. The minimum atomic E-state index is 0.0117. The average molecular weight is 263 g/mol. The van der Waals surface area contributed by atoms with Crippen LogP contribution < -0.4 is 15.2 Å². The summed E-state index contributed by atoms with van der Waals surface area (Å²) in [5.74, 6) is 2.38. The van der Waals surface area contributed by atoms with E-state index in [0.29, 0.717) is 6.10 Å². The van der Waals surface area contributed by atoms with Gasteiger partial charge in [-0.05, 0) is 49.8 Å². The van der Waals surface area contributed by atoms with Crippen molar-refractivity contribution in [1.29, 1.82) is 0 Å². The van der Waals surface area contributed by atoms with E-state index < -0.39 is 0 Å². The molecule has 1 aromatic rings. The van der Waals surface area contributed by atoms with E-state index in [-0.39, 0.29) is 6.04 Å². The fraction of sp³-hybridized carbons (Fsp3) is 0.625. The van der Waals surface area contributed by atoms with Crippen molar-refractivity contribution in [1.82, 2.24) is 0 Å². The Morgan fingerprint density at radius 3 is 2.68 bits per heavy atom. The first-order valence-electron chi connectivity index (χ1n) is 7.20. The zero-order valence-corrected chi connectivity index (χ0v) is 12.2. The normalized spacial score (nSPS) is 24.8. The van der Waals surface area contributed by atoms with Gasteiger partial charge in [0, 0.05) is 6.04 Å². The minimum absolute atomic E-state index is 0.0117. The first-order valence-corrected chi connectivity index (χ1v) is 7.20. The number of benzene rings is 1. The molecule has 3 atom stereocenters. The van der Waals surface area contributed by atoms with Gasteiger partial charge in [-0.1, -0.05) is 19.4 Å². The molecule has 0 radical (unpaired) electrons. The molecule has 0 heterocycles. The number of rotatable bonds is 4. The van der Waals surface area contributed by atoms with Crippen molar-refractivity contribution in [3.8, 4) is 11.5 Å². The zero-order valence-electron chi connectivity index (χ0n) is 12.2. The Kier molecular flexibility index (Phi) is 4.70. The van der Waals surface area contributed by atoms with Crippen LogP contribution in [0.3, 0.4) is 0 Å². The minimum Gasteiger partial charge on any atom is -0.493 e. The lowest BCUT2D eigenvalue weighted by molar-refractivity contribution is 0.125. The molecule has 2 N–H and O–H groups in total. The molecular weight excluding hydrogens is 238 g/mol. The Balaban J connectivity index is 2.11. The van der Waals surface area contributed by atoms with Crippen molar-refractivity contribution >= 4 is 0 Å². The van der Waals surface area contributed by atoms with Crippen LogP contribution in [0.1, 0.15) is 51.1 Å². The zero-order chi connectivity index (χ0) is 13.8. The Labute approximate surface area is 116 Å². The van der Waals surface area contributed by atoms with E-state index in [0.717, 1.165) is 35.8 Å². The van der Waals surface area contributed by atoms with Crippen LogP contribution in [0.25, 0.3) is 0 Å². The highest BCUT2D eigenvalue weighted by molar-refractivity contribution is 5.43. The van der Waals surface area contributed by atoms with Gasteiger partial charge in [-0.15, -0.1) is 0 Å². The van der Waals surface area contributed by atoms with Crippen LogP contribution in [0.2, 0.25) is 0 Å². The summed E-state index contributed by atoms with van der Waals surface area (Å²) in [6.07, 6.45) is 5.17. The summed E-state index contributed by atoms with van der Waals surface area (Å²) >= 11 is 0. The summed E-state index contributed by atoms with van der Waals surface area (Å²) < 4.78 is 11.5. The van der Waals surface area contributed by atoms with Crippen molar-refractivity contribution in [3.05, 3.63) is 23.8 Å². The monoisotopic (exact) mass is 263 g/mol. The predicted octanol–water partition coefficient (Wildman–Crippen LogP) is 3.67. The molecule has 1 aromatic carbocycles. The number of ether oxygens (including phenoxy) is 2. The number of hydrogen-bond donors (Lipinski definition) is 1. The Morgan fingerprint density at radius 1 is 1.26 bits per heavy atom. The molecule has 0 aliphatic heterocycles. The third-order valence-corrected chi connectivity index (χ3v) is 3.90. The molecule has 3 nitrogen and oxygen atoms in total. The lowest BCUT2D eigenvalue weighted by atomic mass is 9.89. The van der Waals surface area contributed by atoms with E-state index >= 15 is 0 Å². The standard InChI is InChI=1S/C16H25NO2/c1-11-5-4-6-14(9-11)19-15-8-7-13(12(2)17)10-16(15)18-3/h7-8,10-12,14H,4-6,9,17H2,1-3H3/t11?,12-,14?/m1/s1. The fourth-order valence-electron chi connectivity index (χ4n) is 2.73. The van der Waals surface area contributed by atoms with Crippen LogP contribution >= 0.6 is 0 Å². The second-order valence-electron chi connectivity index (χ2n) is 5.71. The van der Waals surface area contributed by atoms with Gasteiger partial charge in [-0.3, -0.25) is 0 Å². The van der Waals surface area contributed by atoms with E-state index in [4.69, 9.17) is 15.2 Å². The van der Waals surface area contributed by atoms with Crippen molar-refractivity contribution in [2.45, 2.75) is 51.7 Å². The van der Waals surface area contributed by atoms with Crippen LogP contribution in [0.5, 0.6) is 11.5 Å². The van der Waals surface area contributed by atoms with Gasteiger partial charge in [0.25, 0.3) is 0 Å². The smallest absolute Gasteiger partial charge is 0.161 e. The van der Waals surface area contributed by atoms with Crippen LogP contribution in [-0.4, -0.2) is 13.2 Å². The fourth-order valence-corrected chi connectivity index (χ4v) is 2.73. The van der Waals surface area contributed by atoms with Gasteiger partial charge in [0.1, 0.15) is 0 Å². The third kappa shape index (κ3) is 3.63. The lowest BCUT2D eigenvalue weighted by Crippen LogP contribution is -2.24. The largest absolute Gasteiger partial charge is 0.493 e. The second-order valence-corrected chi connectivity index (χ2v) is 5.71. The van der Waals surface area contributed by atoms with Crippen LogP contribution in [0.15, 0.2) is 18.2 Å². The van der Waals surface area contributed by atoms with Gasteiger partial charge in [0.05, 0.1) is 13.2 Å². The lowest BCUT2D eigenvalue weighted by Gasteiger charge is -2.28. The third-order valence-electron chi connectivity index (χ3n) is 3.90. The summed E-state index contributed by atoms with van der Waals surface area (Å²) in [6.45, 7) is 4.27. The van der Waals surface area contributed by atoms with Gasteiger partial charge in [-0.25, -0.2) is 0 Å². The maximum atomic E-state index is 6.12. The van der Waals surface area contributed by atoms with Gasteiger partial charge in [0.15, 0.2) is 11.5 Å². The highest BCUT2D eigenvalue weighted by atomic mass is 16.5. The predicted molar refractivity (Wildman–Crippen MR) is 77.6 cm³/mol. The first-order chi connectivity index (χ1) is 9.10. The van der Waals surface area contributed by atoms with E-state index in [1.807, 2.05) is 25.1 Å². The molecule has 1 aliphatic rings. The van der Waals surface area contributed by atoms with Crippen LogP contribution in [-0.2, 0) is 0 Å². The molecule has 3 heteroatoms. The highest BCUT2D eigenvalue weighted by Gasteiger charge is 2.21. The van der Waals surface area contributed by atoms with Crippen LogP contribution in [0, 0.1) is 5.92 Å².